The minimum atomic E-state index is -1.12. The van der Waals surface area contributed by atoms with Crippen molar-refractivity contribution in [3.05, 3.63) is 81.9 Å². The molecule has 8 heteroatoms. The minimum absolute atomic E-state index is 0.00847. The van der Waals surface area contributed by atoms with Crippen molar-refractivity contribution in [2.75, 3.05) is 4.90 Å². The topological polar surface area (TPSA) is 70.8 Å². The van der Waals surface area contributed by atoms with Crippen molar-refractivity contribution in [1.29, 1.82) is 0 Å². The number of thiocarbonyl (C=S) groups is 1. The quantitative estimate of drug-likeness (QED) is 0.413. The van der Waals surface area contributed by atoms with Gasteiger partial charge in [0.05, 0.1) is 21.2 Å². The molecule has 0 bridgehead atoms. The summed E-state index contributed by atoms with van der Waals surface area (Å²) in [5.74, 6) is -0.411. The molecule has 2 aromatic carbocycles. The zero-order valence-electron chi connectivity index (χ0n) is 14.7. The van der Waals surface area contributed by atoms with Gasteiger partial charge in [-0.15, -0.1) is 0 Å². The summed E-state index contributed by atoms with van der Waals surface area (Å²) in [6.07, 6.45) is 1.62. The molecule has 1 fully saturated rings. The van der Waals surface area contributed by atoms with Crippen molar-refractivity contribution in [3.63, 3.8) is 0 Å². The molecule has 1 aliphatic heterocycles. The van der Waals surface area contributed by atoms with Gasteiger partial charge < -0.3 is 9.52 Å². The van der Waals surface area contributed by atoms with Gasteiger partial charge in [-0.1, -0.05) is 53.8 Å². The molecule has 3 aromatic rings. The summed E-state index contributed by atoms with van der Waals surface area (Å²) in [6.45, 7) is 0. The van der Waals surface area contributed by atoms with Crippen LogP contribution < -0.4 is 4.90 Å². The van der Waals surface area contributed by atoms with Crippen LogP contribution in [-0.4, -0.2) is 21.3 Å². The van der Waals surface area contributed by atoms with Crippen LogP contribution in [-0.2, 0) is 4.79 Å². The highest BCUT2D eigenvalue weighted by molar-refractivity contribution is 8.27. The molecule has 0 saturated carbocycles. The number of hydrogen-bond acceptors (Lipinski definition) is 5. The second-order valence-corrected chi connectivity index (χ2v) is 8.14. The summed E-state index contributed by atoms with van der Waals surface area (Å²) in [4.78, 5) is 26.0. The van der Waals surface area contributed by atoms with Crippen LogP contribution in [0.15, 0.2) is 70.0 Å². The Bertz CT molecular complexity index is 1170. The van der Waals surface area contributed by atoms with Crippen molar-refractivity contribution >= 4 is 63.5 Å². The lowest BCUT2D eigenvalue weighted by Gasteiger charge is -2.13. The molecule has 1 amide bonds. The number of amides is 1. The summed E-state index contributed by atoms with van der Waals surface area (Å²) in [7, 11) is 0. The minimum Gasteiger partial charge on any atom is -0.478 e. The Labute approximate surface area is 180 Å². The lowest BCUT2D eigenvalue weighted by Crippen LogP contribution is -2.27. The Morgan fingerprint density at radius 3 is 2.62 bits per heavy atom. The standard InChI is InChI=1S/C21H12ClNO4S2/c22-16-8-6-12(10-15(16)20(25)26)17-9-7-14(27-17)11-18-19(24)23(21(28)29-18)13-4-2-1-3-5-13/h1-11H,(H,25,26)/b18-11-. The molecule has 1 aliphatic rings. The number of benzene rings is 2. The molecule has 29 heavy (non-hydrogen) atoms. The number of carbonyl (C=O) groups is 2. The van der Waals surface area contributed by atoms with Crippen molar-refractivity contribution in [2.45, 2.75) is 0 Å². The first-order chi connectivity index (χ1) is 13.9. The number of hydrogen-bond donors (Lipinski definition) is 1. The SMILES string of the molecule is O=C(O)c1cc(-c2ccc(/C=C3\SC(=S)N(c4ccccc4)C3=O)o2)ccc1Cl. The summed E-state index contributed by atoms with van der Waals surface area (Å²) >= 11 is 12.5. The molecule has 1 saturated heterocycles. The Balaban J connectivity index is 1.62. The van der Waals surface area contributed by atoms with Gasteiger partial charge in [-0.2, -0.15) is 0 Å². The fourth-order valence-electron chi connectivity index (χ4n) is 2.82. The van der Waals surface area contributed by atoms with Crippen molar-refractivity contribution in [2.24, 2.45) is 0 Å². The third kappa shape index (κ3) is 3.85. The average molecular weight is 442 g/mol. The van der Waals surface area contributed by atoms with E-state index in [1.54, 1.807) is 24.3 Å². The maximum Gasteiger partial charge on any atom is 0.337 e. The van der Waals surface area contributed by atoms with E-state index in [0.29, 0.717) is 32.0 Å². The number of furan rings is 1. The van der Waals surface area contributed by atoms with E-state index in [9.17, 15) is 14.7 Å². The Morgan fingerprint density at radius 2 is 1.90 bits per heavy atom. The summed E-state index contributed by atoms with van der Waals surface area (Å²) < 4.78 is 6.24. The Hall–Kier alpha value is -2.87. The maximum absolute atomic E-state index is 12.8. The normalized spacial score (nSPS) is 15.3. The van der Waals surface area contributed by atoms with E-state index in [0.717, 1.165) is 0 Å². The number of thioether (sulfide) groups is 1. The van der Waals surface area contributed by atoms with Crippen LogP contribution in [0, 0.1) is 0 Å². The van der Waals surface area contributed by atoms with Crippen LogP contribution in [0.3, 0.4) is 0 Å². The first-order valence-electron chi connectivity index (χ1n) is 8.40. The highest BCUT2D eigenvalue weighted by Gasteiger charge is 2.33. The molecule has 1 N–H and O–H groups in total. The van der Waals surface area contributed by atoms with E-state index >= 15 is 0 Å². The number of aromatic carboxylic acids is 1. The number of halogens is 1. The summed E-state index contributed by atoms with van der Waals surface area (Å²) in [5, 5.41) is 9.37. The van der Waals surface area contributed by atoms with Gasteiger partial charge in [-0.25, -0.2) is 4.79 Å². The number of anilines is 1. The van der Waals surface area contributed by atoms with E-state index in [1.165, 1.54) is 28.8 Å². The fourth-order valence-corrected chi connectivity index (χ4v) is 4.30. The van der Waals surface area contributed by atoms with Gasteiger partial charge in [-0.05, 0) is 42.5 Å². The molecular weight excluding hydrogens is 430 g/mol. The molecular formula is C21H12ClNO4S2. The van der Waals surface area contributed by atoms with Crippen molar-refractivity contribution < 1.29 is 19.1 Å². The highest BCUT2D eigenvalue weighted by Crippen LogP contribution is 2.36. The van der Waals surface area contributed by atoms with Gasteiger partial charge in [0.1, 0.15) is 11.5 Å². The van der Waals surface area contributed by atoms with Gasteiger partial charge in [0, 0.05) is 11.6 Å². The van der Waals surface area contributed by atoms with Gasteiger partial charge in [-0.3, -0.25) is 9.69 Å². The second-order valence-electron chi connectivity index (χ2n) is 6.05. The van der Waals surface area contributed by atoms with E-state index in [1.807, 2.05) is 30.3 Å². The number of carbonyl (C=O) groups excluding carboxylic acids is 1. The average Bonchev–Trinajstić information content (AvgIpc) is 3.27. The third-order valence-electron chi connectivity index (χ3n) is 4.19. The summed E-state index contributed by atoms with van der Waals surface area (Å²) in [6, 6.07) is 17.2. The number of nitrogens with zero attached hydrogens (tertiary/aromatic N) is 1. The molecule has 1 aromatic heterocycles. The molecule has 0 aliphatic carbocycles. The predicted molar refractivity (Wildman–Crippen MR) is 118 cm³/mol. The molecule has 0 radical (unpaired) electrons. The fraction of sp³-hybridized carbons (Fsp3) is 0. The third-order valence-corrected chi connectivity index (χ3v) is 5.82. The van der Waals surface area contributed by atoms with E-state index in [4.69, 9.17) is 28.2 Å². The predicted octanol–water partition coefficient (Wildman–Crippen LogP) is 5.70. The Kier molecular flexibility index (Phi) is 5.27. The van der Waals surface area contributed by atoms with E-state index in [-0.39, 0.29) is 16.5 Å². The molecule has 0 atom stereocenters. The second kappa shape index (κ2) is 7.87. The van der Waals surface area contributed by atoms with Gasteiger partial charge in [0.15, 0.2) is 4.32 Å². The van der Waals surface area contributed by atoms with Crippen molar-refractivity contribution in [1.82, 2.24) is 0 Å². The molecule has 144 valence electrons. The highest BCUT2D eigenvalue weighted by atomic mass is 35.5. The van der Waals surface area contributed by atoms with Gasteiger partial charge >= 0.3 is 5.97 Å². The zero-order chi connectivity index (χ0) is 20.5. The molecule has 5 nitrogen and oxygen atoms in total. The van der Waals surface area contributed by atoms with Crippen molar-refractivity contribution in [3.8, 4) is 11.3 Å². The first kappa shape index (κ1) is 19.4. The molecule has 0 spiro atoms. The zero-order valence-corrected chi connectivity index (χ0v) is 17.1. The van der Waals surface area contributed by atoms with Crippen LogP contribution in [0.2, 0.25) is 5.02 Å². The number of rotatable bonds is 4. The van der Waals surface area contributed by atoms with Crippen LogP contribution >= 0.6 is 35.6 Å². The lowest BCUT2D eigenvalue weighted by atomic mass is 10.1. The maximum atomic E-state index is 12.8. The van der Waals surface area contributed by atoms with E-state index in [2.05, 4.69) is 0 Å². The van der Waals surface area contributed by atoms with Crippen LogP contribution in [0.25, 0.3) is 17.4 Å². The number of carboxylic acid groups (broad SMARTS) is 1. The number of carboxylic acids is 1. The largest absolute Gasteiger partial charge is 0.478 e. The summed E-state index contributed by atoms with van der Waals surface area (Å²) in [5.41, 5.74) is 1.27. The Morgan fingerprint density at radius 1 is 1.14 bits per heavy atom. The lowest BCUT2D eigenvalue weighted by molar-refractivity contribution is -0.113. The first-order valence-corrected chi connectivity index (χ1v) is 10.0. The molecule has 0 unspecified atom stereocenters. The van der Waals surface area contributed by atoms with Crippen LogP contribution in [0.4, 0.5) is 5.69 Å². The molecule has 4 rings (SSSR count). The van der Waals surface area contributed by atoms with E-state index < -0.39 is 5.97 Å². The van der Waals surface area contributed by atoms with Gasteiger partial charge in [0.25, 0.3) is 5.91 Å². The van der Waals surface area contributed by atoms with Gasteiger partial charge in [0.2, 0.25) is 0 Å². The van der Waals surface area contributed by atoms with Crippen LogP contribution in [0.1, 0.15) is 16.1 Å². The smallest absolute Gasteiger partial charge is 0.337 e. The van der Waals surface area contributed by atoms with Crippen LogP contribution in [0.5, 0.6) is 0 Å². The molecule has 2 heterocycles. The number of para-hydroxylation sites is 1. The monoisotopic (exact) mass is 441 g/mol.